The van der Waals surface area contributed by atoms with E-state index in [1.54, 1.807) is 19.2 Å². The molecular formula is C14H19BrFNO2S. The molecule has 1 aromatic carbocycles. The predicted molar refractivity (Wildman–Crippen MR) is 82.1 cm³/mol. The minimum Gasteiger partial charge on any atom is -0.315 e. The Kier molecular flexibility index (Phi) is 5.20. The Bertz CT molecular complexity index is 577. The maximum absolute atomic E-state index is 13.8. The summed E-state index contributed by atoms with van der Waals surface area (Å²) < 4.78 is 39.0. The molecule has 0 aliphatic carbocycles. The Morgan fingerprint density at radius 2 is 2.20 bits per heavy atom. The Morgan fingerprint density at radius 1 is 1.45 bits per heavy atom. The van der Waals surface area contributed by atoms with Gasteiger partial charge in [0.05, 0.1) is 11.0 Å². The summed E-state index contributed by atoms with van der Waals surface area (Å²) in [5.74, 6) is -0.0433. The van der Waals surface area contributed by atoms with Crippen LogP contribution in [0.1, 0.15) is 24.8 Å². The Balaban J connectivity index is 2.22. The van der Waals surface area contributed by atoms with Gasteiger partial charge in [-0.2, -0.15) is 0 Å². The summed E-state index contributed by atoms with van der Waals surface area (Å²) in [4.78, 5) is 0. The normalized spacial score (nSPS) is 23.4. The predicted octanol–water partition coefficient (Wildman–Crippen LogP) is 2.69. The summed E-state index contributed by atoms with van der Waals surface area (Å²) in [6, 6.07) is 4.52. The van der Waals surface area contributed by atoms with Crippen LogP contribution in [0.5, 0.6) is 0 Å². The van der Waals surface area contributed by atoms with Crippen molar-refractivity contribution in [1.29, 1.82) is 0 Å². The van der Waals surface area contributed by atoms with Crippen molar-refractivity contribution in [3.05, 3.63) is 34.1 Å². The zero-order valence-electron chi connectivity index (χ0n) is 11.4. The van der Waals surface area contributed by atoms with Gasteiger partial charge in [-0.3, -0.25) is 0 Å². The summed E-state index contributed by atoms with van der Waals surface area (Å²) in [7, 11) is -1.33. The van der Waals surface area contributed by atoms with Crippen LogP contribution in [-0.2, 0) is 16.3 Å². The number of benzene rings is 1. The van der Waals surface area contributed by atoms with E-state index < -0.39 is 15.1 Å². The molecule has 1 aliphatic heterocycles. The third kappa shape index (κ3) is 3.59. The van der Waals surface area contributed by atoms with E-state index in [1.165, 1.54) is 6.07 Å². The molecule has 1 aliphatic rings. The highest BCUT2D eigenvalue weighted by Gasteiger charge is 2.35. The van der Waals surface area contributed by atoms with Gasteiger partial charge in [0.2, 0.25) is 0 Å². The van der Waals surface area contributed by atoms with E-state index in [0.29, 0.717) is 18.4 Å². The molecule has 3 nitrogen and oxygen atoms in total. The first-order valence-corrected chi connectivity index (χ1v) is 9.27. The lowest BCUT2D eigenvalue weighted by Gasteiger charge is -2.30. The van der Waals surface area contributed by atoms with Crippen molar-refractivity contribution in [1.82, 2.24) is 5.32 Å². The first-order valence-electron chi connectivity index (χ1n) is 6.77. The molecule has 2 atom stereocenters. The standard InChI is InChI=1S/C14H19BrFNO2S/c1-17-13(14-4-2-3-7-20(14,18)19)9-10-8-11(15)5-6-12(10)16/h5-6,8,13-14,17H,2-4,7,9H2,1H3. The van der Waals surface area contributed by atoms with Crippen LogP contribution in [0.15, 0.2) is 22.7 Å². The van der Waals surface area contributed by atoms with Gasteiger partial charge >= 0.3 is 0 Å². The SMILES string of the molecule is CNC(Cc1cc(Br)ccc1F)C1CCCCS1(=O)=O. The third-order valence-corrected chi connectivity index (χ3v) is 6.73. The van der Waals surface area contributed by atoms with Crippen LogP contribution in [0.25, 0.3) is 0 Å². The monoisotopic (exact) mass is 363 g/mol. The molecular weight excluding hydrogens is 345 g/mol. The molecule has 20 heavy (non-hydrogen) atoms. The van der Waals surface area contributed by atoms with E-state index in [0.717, 1.165) is 17.3 Å². The quantitative estimate of drug-likeness (QED) is 0.894. The summed E-state index contributed by atoms with van der Waals surface area (Å²) in [5.41, 5.74) is 0.541. The van der Waals surface area contributed by atoms with Gasteiger partial charge in [-0.05, 0) is 50.1 Å². The zero-order chi connectivity index (χ0) is 14.8. The number of halogens is 2. The molecule has 0 saturated carbocycles. The topological polar surface area (TPSA) is 46.2 Å². The van der Waals surface area contributed by atoms with Gasteiger partial charge in [0, 0.05) is 10.5 Å². The molecule has 0 aromatic heterocycles. The van der Waals surface area contributed by atoms with E-state index in [9.17, 15) is 12.8 Å². The zero-order valence-corrected chi connectivity index (χ0v) is 13.8. The average molecular weight is 364 g/mol. The maximum Gasteiger partial charge on any atom is 0.154 e. The van der Waals surface area contributed by atoms with Gasteiger partial charge in [-0.25, -0.2) is 12.8 Å². The van der Waals surface area contributed by atoms with E-state index >= 15 is 0 Å². The number of sulfone groups is 1. The van der Waals surface area contributed by atoms with Crippen LogP contribution in [0.4, 0.5) is 4.39 Å². The third-order valence-electron chi connectivity index (χ3n) is 3.90. The Hall–Kier alpha value is -0.460. The highest BCUT2D eigenvalue weighted by atomic mass is 79.9. The van der Waals surface area contributed by atoms with Crippen molar-refractivity contribution in [2.24, 2.45) is 0 Å². The van der Waals surface area contributed by atoms with E-state index in [2.05, 4.69) is 21.2 Å². The van der Waals surface area contributed by atoms with E-state index in [4.69, 9.17) is 0 Å². The van der Waals surface area contributed by atoms with Crippen molar-refractivity contribution in [3.63, 3.8) is 0 Å². The van der Waals surface area contributed by atoms with Crippen LogP contribution < -0.4 is 5.32 Å². The van der Waals surface area contributed by atoms with Crippen molar-refractivity contribution >= 4 is 25.8 Å². The van der Waals surface area contributed by atoms with Gasteiger partial charge in [-0.15, -0.1) is 0 Å². The van der Waals surface area contributed by atoms with Crippen LogP contribution in [-0.4, -0.2) is 32.5 Å². The fraction of sp³-hybridized carbons (Fsp3) is 0.571. The van der Waals surface area contributed by atoms with Gasteiger partial charge in [0.1, 0.15) is 5.82 Å². The second-order valence-electron chi connectivity index (χ2n) is 5.24. The minimum absolute atomic E-state index is 0.246. The first-order chi connectivity index (χ1) is 9.44. The molecule has 0 spiro atoms. The lowest BCUT2D eigenvalue weighted by atomic mass is 9.99. The highest BCUT2D eigenvalue weighted by Crippen LogP contribution is 2.25. The van der Waals surface area contributed by atoms with Crippen molar-refractivity contribution < 1.29 is 12.8 Å². The number of rotatable bonds is 4. The van der Waals surface area contributed by atoms with E-state index in [-0.39, 0.29) is 17.6 Å². The van der Waals surface area contributed by atoms with Crippen molar-refractivity contribution in [3.8, 4) is 0 Å². The summed E-state index contributed by atoms with van der Waals surface area (Å²) in [6.07, 6.45) is 2.69. The van der Waals surface area contributed by atoms with Crippen LogP contribution in [0, 0.1) is 5.82 Å². The number of hydrogen-bond donors (Lipinski definition) is 1. The largest absolute Gasteiger partial charge is 0.315 e. The summed E-state index contributed by atoms with van der Waals surface area (Å²) >= 11 is 3.32. The van der Waals surface area contributed by atoms with Crippen LogP contribution in [0.2, 0.25) is 0 Å². The molecule has 1 N–H and O–H groups in total. The van der Waals surface area contributed by atoms with Gasteiger partial charge in [0.25, 0.3) is 0 Å². The lowest BCUT2D eigenvalue weighted by Crippen LogP contribution is -2.46. The number of nitrogens with one attached hydrogen (secondary N) is 1. The molecule has 0 bridgehead atoms. The number of likely N-dealkylation sites (N-methyl/N-ethyl adjacent to an activating group) is 1. The van der Waals surface area contributed by atoms with Gasteiger partial charge in [0.15, 0.2) is 9.84 Å². The summed E-state index contributed by atoms with van der Waals surface area (Å²) in [5, 5.41) is 2.64. The molecule has 6 heteroatoms. The van der Waals surface area contributed by atoms with Crippen molar-refractivity contribution in [2.45, 2.75) is 37.0 Å². The molecule has 1 aromatic rings. The van der Waals surface area contributed by atoms with E-state index in [1.807, 2.05) is 0 Å². The van der Waals surface area contributed by atoms with Crippen LogP contribution >= 0.6 is 15.9 Å². The fourth-order valence-corrected chi connectivity index (χ4v) is 5.36. The second kappa shape index (κ2) is 6.54. The maximum atomic E-state index is 13.8. The Morgan fingerprint density at radius 3 is 2.85 bits per heavy atom. The van der Waals surface area contributed by atoms with Crippen LogP contribution in [0.3, 0.4) is 0 Å². The highest BCUT2D eigenvalue weighted by molar-refractivity contribution is 9.10. The van der Waals surface area contributed by atoms with Gasteiger partial charge < -0.3 is 5.32 Å². The fourth-order valence-electron chi connectivity index (χ4n) is 2.79. The average Bonchev–Trinajstić information content (AvgIpc) is 2.40. The lowest BCUT2D eigenvalue weighted by molar-refractivity contribution is 0.450. The number of hydrogen-bond acceptors (Lipinski definition) is 3. The Labute approximate surface area is 128 Å². The molecule has 0 radical (unpaired) electrons. The first kappa shape index (κ1) is 15.9. The summed E-state index contributed by atoms with van der Waals surface area (Å²) in [6.45, 7) is 0. The second-order valence-corrected chi connectivity index (χ2v) is 8.49. The molecule has 0 amide bonds. The molecule has 2 rings (SSSR count). The molecule has 1 fully saturated rings. The molecule has 112 valence electrons. The molecule has 1 heterocycles. The molecule has 2 unspecified atom stereocenters. The minimum atomic E-state index is -3.07. The van der Waals surface area contributed by atoms with Crippen molar-refractivity contribution in [2.75, 3.05) is 12.8 Å². The smallest absolute Gasteiger partial charge is 0.154 e. The molecule has 1 saturated heterocycles. The van der Waals surface area contributed by atoms with Gasteiger partial charge in [-0.1, -0.05) is 22.4 Å².